The fraction of sp³-hybridized carbons (Fsp3) is 0.286. The van der Waals surface area contributed by atoms with Gasteiger partial charge in [0.25, 0.3) is 0 Å². The van der Waals surface area contributed by atoms with Gasteiger partial charge in [0, 0.05) is 18.1 Å². The third-order valence-electron chi connectivity index (χ3n) is 3.33. The second-order valence-corrected chi connectivity index (χ2v) is 4.21. The van der Waals surface area contributed by atoms with Crippen molar-refractivity contribution in [3.05, 3.63) is 45.2 Å². The largest absolute Gasteiger partial charge is 0.347 e. The number of benzene rings is 1. The molecule has 0 amide bonds. The number of aromatic nitrogens is 1. The highest BCUT2D eigenvalue weighted by Gasteiger charge is 2.11. The van der Waals surface area contributed by atoms with Crippen LogP contribution in [-0.2, 0) is 13.5 Å². The van der Waals surface area contributed by atoms with E-state index in [9.17, 15) is 9.59 Å². The van der Waals surface area contributed by atoms with Crippen molar-refractivity contribution in [2.24, 2.45) is 7.05 Å². The molecular weight excluding hydrogens is 214 g/mol. The number of fused-ring (bicyclic) bond motifs is 1. The normalized spacial score (nSPS) is 10.8. The van der Waals surface area contributed by atoms with Gasteiger partial charge in [0.05, 0.1) is 11.1 Å². The van der Waals surface area contributed by atoms with Crippen molar-refractivity contribution in [1.29, 1.82) is 0 Å². The molecule has 0 bridgehead atoms. The number of hydrogen-bond donors (Lipinski definition) is 0. The quantitative estimate of drug-likeness (QED) is 0.741. The third-order valence-corrected chi connectivity index (χ3v) is 3.33. The van der Waals surface area contributed by atoms with Crippen LogP contribution in [-0.4, -0.2) is 10.9 Å². The molecule has 1 aromatic heterocycles. The van der Waals surface area contributed by atoms with E-state index in [-0.39, 0.29) is 11.0 Å². The lowest BCUT2D eigenvalue weighted by atomic mass is 10.0. The first kappa shape index (κ1) is 11.6. The molecule has 0 fully saturated rings. The van der Waals surface area contributed by atoms with E-state index in [1.54, 1.807) is 6.92 Å². The Kier molecular flexibility index (Phi) is 2.84. The van der Waals surface area contributed by atoms with E-state index in [0.29, 0.717) is 17.4 Å². The summed E-state index contributed by atoms with van der Waals surface area (Å²) in [5.41, 5.74) is 2.78. The highest BCUT2D eigenvalue weighted by atomic mass is 16.1. The molecule has 0 aliphatic heterocycles. The molecule has 0 aliphatic rings. The summed E-state index contributed by atoms with van der Waals surface area (Å²) in [4.78, 5) is 23.1. The van der Waals surface area contributed by atoms with Gasteiger partial charge in [-0.25, -0.2) is 0 Å². The van der Waals surface area contributed by atoms with Gasteiger partial charge >= 0.3 is 0 Å². The number of carbonyl (C=O) groups is 1. The molecular formula is C14H15NO2. The Hall–Kier alpha value is -1.90. The van der Waals surface area contributed by atoms with Crippen LogP contribution in [0, 0.1) is 6.92 Å². The fourth-order valence-electron chi connectivity index (χ4n) is 2.09. The summed E-state index contributed by atoms with van der Waals surface area (Å²) < 4.78 is 1.89. The van der Waals surface area contributed by atoms with Gasteiger partial charge in [-0.05, 0) is 31.0 Å². The van der Waals surface area contributed by atoms with Crippen LogP contribution in [0.25, 0.3) is 10.9 Å². The molecule has 0 atom stereocenters. The molecule has 17 heavy (non-hydrogen) atoms. The highest BCUT2D eigenvalue weighted by molar-refractivity contribution is 5.87. The Balaban J connectivity index is 2.99. The van der Waals surface area contributed by atoms with Crippen molar-refractivity contribution in [3.63, 3.8) is 0 Å². The second kappa shape index (κ2) is 4.17. The number of pyridine rings is 1. The minimum atomic E-state index is -0.166. The van der Waals surface area contributed by atoms with E-state index in [4.69, 9.17) is 0 Å². The summed E-state index contributed by atoms with van der Waals surface area (Å²) in [5, 5.41) is 0.625. The van der Waals surface area contributed by atoms with Gasteiger partial charge in [-0.1, -0.05) is 13.0 Å². The van der Waals surface area contributed by atoms with Crippen LogP contribution in [0.1, 0.15) is 28.5 Å². The van der Waals surface area contributed by atoms with Gasteiger partial charge in [0.2, 0.25) is 0 Å². The van der Waals surface area contributed by atoms with Gasteiger partial charge in [-0.3, -0.25) is 9.59 Å². The standard InChI is InChI=1S/C14H15NO2/c1-4-10-5-6-13-11(7-10)14(17)12(8-16)9(2)15(13)3/h5-8H,4H2,1-3H3. The summed E-state index contributed by atoms with van der Waals surface area (Å²) in [6, 6.07) is 5.84. The maximum absolute atomic E-state index is 12.2. The Morgan fingerprint density at radius 2 is 2.06 bits per heavy atom. The summed E-state index contributed by atoms with van der Waals surface area (Å²) in [6.07, 6.45) is 1.53. The molecule has 0 saturated heterocycles. The van der Waals surface area contributed by atoms with E-state index in [1.165, 1.54) is 0 Å². The summed E-state index contributed by atoms with van der Waals surface area (Å²) in [6.45, 7) is 3.83. The molecule has 0 spiro atoms. The first-order valence-corrected chi connectivity index (χ1v) is 5.67. The van der Waals surface area contributed by atoms with Crippen molar-refractivity contribution < 1.29 is 4.79 Å². The predicted octanol–water partition coefficient (Wildman–Crippen LogP) is 2.22. The van der Waals surface area contributed by atoms with Crippen molar-refractivity contribution in [2.45, 2.75) is 20.3 Å². The summed E-state index contributed by atoms with van der Waals surface area (Å²) in [5.74, 6) is 0. The minimum Gasteiger partial charge on any atom is -0.347 e. The van der Waals surface area contributed by atoms with Crippen LogP contribution >= 0.6 is 0 Å². The van der Waals surface area contributed by atoms with Crippen LogP contribution in [0.3, 0.4) is 0 Å². The Labute approximate surface area is 99.7 Å². The zero-order valence-corrected chi connectivity index (χ0v) is 10.3. The smallest absolute Gasteiger partial charge is 0.200 e. The van der Waals surface area contributed by atoms with Gasteiger partial charge < -0.3 is 4.57 Å². The molecule has 3 heteroatoms. The fourth-order valence-corrected chi connectivity index (χ4v) is 2.09. The molecule has 2 rings (SSSR count). The third kappa shape index (κ3) is 1.68. The molecule has 1 heterocycles. The van der Waals surface area contributed by atoms with Crippen molar-refractivity contribution in [2.75, 3.05) is 0 Å². The first-order valence-electron chi connectivity index (χ1n) is 5.67. The molecule has 3 nitrogen and oxygen atoms in total. The van der Waals surface area contributed by atoms with Crippen LogP contribution in [0.15, 0.2) is 23.0 Å². The van der Waals surface area contributed by atoms with E-state index in [0.717, 1.165) is 17.5 Å². The topological polar surface area (TPSA) is 39.1 Å². The lowest BCUT2D eigenvalue weighted by molar-refractivity contribution is 0.112. The number of nitrogens with zero attached hydrogens (tertiary/aromatic N) is 1. The number of rotatable bonds is 2. The maximum atomic E-state index is 12.2. The number of aryl methyl sites for hydroxylation is 2. The van der Waals surface area contributed by atoms with Crippen molar-refractivity contribution >= 4 is 17.2 Å². The molecule has 0 N–H and O–H groups in total. The van der Waals surface area contributed by atoms with Gasteiger partial charge in [-0.15, -0.1) is 0 Å². The second-order valence-electron chi connectivity index (χ2n) is 4.21. The van der Waals surface area contributed by atoms with E-state index >= 15 is 0 Å². The molecule has 0 saturated carbocycles. The van der Waals surface area contributed by atoms with E-state index in [1.807, 2.05) is 36.7 Å². The SMILES string of the molecule is CCc1ccc2c(c1)c(=O)c(C=O)c(C)n2C. The predicted molar refractivity (Wildman–Crippen MR) is 68.7 cm³/mol. The van der Waals surface area contributed by atoms with Gasteiger partial charge in [0.1, 0.15) is 0 Å². The molecule has 1 aromatic carbocycles. The average molecular weight is 229 g/mol. The first-order chi connectivity index (χ1) is 8.10. The van der Waals surface area contributed by atoms with Gasteiger partial charge in [0.15, 0.2) is 11.7 Å². The molecule has 0 aliphatic carbocycles. The van der Waals surface area contributed by atoms with Crippen molar-refractivity contribution in [1.82, 2.24) is 4.57 Å². The Morgan fingerprint density at radius 3 is 2.65 bits per heavy atom. The minimum absolute atomic E-state index is 0.166. The van der Waals surface area contributed by atoms with E-state index in [2.05, 4.69) is 0 Å². The average Bonchev–Trinajstić information content (AvgIpc) is 2.36. The molecule has 88 valence electrons. The summed E-state index contributed by atoms with van der Waals surface area (Å²) in [7, 11) is 1.87. The lowest BCUT2D eigenvalue weighted by Crippen LogP contribution is -2.17. The van der Waals surface area contributed by atoms with E-state index < -0.39 is 0 Å². The lowest BCUT2D eigenvalue weighted by Gasteiger charge is -2.12. The highest BCUT2D eigenvalue weighted by Crippen LogP contribution is 2.16. The van der Waals surface area contributed by atoms with Crippen LogP contribution in [0.2, 0.25) is 0 Å². The Morgan fingerprint density at radius 1 is 1.35 bits per heavy atom. The van der Waals surface area contributed by atoms with Crippen LogP contribution in [0.5, 0.6) is 0 Å². The molecule has 0 unspecified atom stereocenters. The number of aldehydes is 1. The zero-order valence-electron chi connectivity index (χ0n) is 10.3. The number of carbonyl (C=O) groups excluding carboxylic acids is 1. The van der Waals surface area contributed by atoms with Crippen molar-refractivity contribution in [3.8, 4) is 0 Å². The molecule has 0 radical (unpaired) electrons. The number of hydrogen-bond acceptors (Lipinski definition) is 2. The van der Waals surface area contributed by atoms with Crippen LogP contribution < -0.4 is 5.43 Å². The maximum Gasteiger partial charge on any atom is 0.200 e. The molecule has 2 aromatic rings. The van der Waals surface area contributed by atoms with Crippen LogP contribution in [0.4, 0.5) is 0 Å². The summed E-state index contributed by atoms with van der Waals surface area (Å²) >= 11 is 0. The zero-order chi connectivity index (χ0) is 12.6. The van der Waals surface area contributed by atoms with Gasteiger partial charge in [-0.2, -0.15) is 0 Å². The Bertz CT molecular complexity index is 653. The monoisotopic (exact) mass is 229 g/mol.